The van der Waals surface area contributed by atoms with Crippen LogP contribution in [0.2, 0.25) is 0 Å². The Hall–Kier alpha value is -2.87. The summed E-state index contributed by atoms with van der Waals surface area (Å²) in [6, 6.07) is 6.73. The third kappa shape index (κ3) is 4.65. The van der Waals surface area contributed by atoms with Crippen LogP contribution >= 0.6 is 0 Å². The van der Waals surface area contributed by atoms with Crippen LogP contribution in [0.4, 0.5) is 11.8 Å². The molecule has 5 N–H and O–H groups in total. The molecule has 1 aromatic carbocycles. The van der Waals surface area contributed by atoms with E-state index in [0.717, 1.165) is 60.8 Å². The van der Waals surface area contributed by atoms with Crippen LogP contribution in [-0.4, -0.2) is 36.7 Å². The smallest absolute Gasteiger partial charge is 0.227 e. The third-order valence-electron chi connectivity index (χ3n) is 6.63. The van der Waals surface area contributed by atoms with Gasteiger partial charge in [0.2, 0.25) is 5.95 Å². The summed E-state index contributed by atoms with van der Waals surface area (Å²) in [6.45, 7) is 6.73. The number of phenolic OH excluding ortho intramolecular Hbond substituents is 1. The fourth-order valence-electron chi connectivity index (χ4n) is 4.54. The van der Waals surface area contributed by atoms with Crippen LogP contribution < -0.4 is 16.4 Å². The van der Waals surface area contributed by atoms with Crippen molar-refractivity contribution in [3.05, 3.63) is 35.7 Å². The van der Waals surface area contributed by atoms with Gasteiger partial charge >= 0.3 is 0 Å². The zero-order chi connectivity index (χ0) is 22.7. The molecule has 4 rings (SSSR count). The highest BCUT2D eigenvalue weighted by Crippen LogP contribution is 2.29. The average Bonchev–Trinajstić information content (AvgIpc) is 3.21. The molecule has 8 nitrogen and oxygen atoms in total. The van der Waals surface area contributed by atoms with Gasteiger partial charge in [-0.25, -0.2) is 4.98 Å². The number of nitrogens with zero attached hydrogens (tertiary/aromatic N) is 4. The first-order valence-corrected chi connectivity index (χ1v) is 11.8. The molecule has 3 aromatic rings. The molecule has 1 aliphatic rings. The Morgan fingerprint density at radius 3 is 2.62 bits per heavy atom. The third-order valence-corrected chi connectivity index (χ3v) is 6.63. The Balaban J connectivity index is 1.66. The number of rotatable bonds is 8. The molecule has 0 aliphatic heterocycles. The van der Waals surface area contributed by atoms with E-state index in [2.05, 4.69) is 34.0 Å². The van der Waals surface area contributed by atoms with Gasteiger partial charge in [0.15, 0.2) is 17.0 Å². The van der Waals surface area contributed by atoms with Gasteiger partial charge < -0.3 is 26.0 Å². The van der Waals surface area contributed by atoms with Crippen molar-refractivity contribution in [2.24, 2.45) is 5.73 Å². The number of benzene rings is 1. The Kier molecular flexibility index (Phi) is 6.79. The molecule has 172 valence electrons. The number of nitrogens with one attached hydrogen (secondary N) is 2. The summed E-state index contributed by atoms with van der Waals surface area (Å²) in [5, 5.41) is 17.3. The lowest BCUT2D eigenvalue weighted by Gasteiger charge is -2.27. The molecule has 2 heterocycles. The Labute approximate surface area is 189 Å². The van der Waals surface area contributed by atoms with Crippen LogP contribution in [0.15, 0.2) is 24.5 Å². The highest BCUT2D eigenvalue weighted by molar-refractivity contribution is 5.84. The molecule has 0 bridgehead atoms. The van der Waals surface area contributed by atoms with E-state index in [0.29, 0.717) is 42.2 Å². The highest BCUT2D eigenvalue weighted by Gasteiger charge is 2.22. The van der Waals surface area contributed by atoms with Crippen LogP contribution in [0.5, 0.6) is 5.75 Å². The zero-order valence-electron chi connectivity index (χ0n) is 19.3. The SMILES string of the molecule is CCC(CC)n1cnc2c(NCc3cccc(C)c3O)nc(NC3CCC(N)CC3)nc21. The van der Waals surface area contributed by atoms with E-state index in [1.54, 1.807) is 0 Å². The van der Waals surface area contributed by atoms with Gasteiger partial charge in [-0.15, -0.1) is 0 Å². The molecule has 0 saturated heterocycles. The first-order valence-electron chi connectivity index (χ1n) is 11.8. The molecule has 0 spiro atoms. The first-order chi connectivity index (χ1) is 15.5. The quantitative estimate of drug-likeness (QED) is 0.410. The minimum absolute atomic E-state index is 0.298. The van der Waals surface area contributed by atoms with E-state index >= 15 is 0 Å². The van der Waals surface area contributed by atoms with Crippen molar-refractivity contribution in [2.75, 3.05) is 10.6 Å². The summed E-state index contributed by atoms with van der Waals surface area (Å²) in [5.41, 5.74) is 9.34. The van der Waals surface area contributed by atoms with E-state index in [-0.39, 0.29) is 0 Å². The minimum Gasteiger partial charge on any atom is -0.507 e. The zero-order valence-corrected chi connectivity index (χ0v) is 19.3. The van der Waals surface area contributed by atoms with Gasteiger partial charge in [0.1, 0.15) is 5.75 Å². The second kappa shape index (κ2) is 9.73. The first kappa shape index (κ1) is 22.3. The molecule has 1 fully saturated rings. The molecule has 1 aliphatic carbocycles. The summed E-state index contributed by atoms with van der Waals surface area (Å²) >= 11 is 0. The normalized spacial score (nSPS) is 18.9. The van der Waals surface area contributed by atoms with Crippen LogP contribution in [0.25, 0.3) is 11.2 Å². The summed E-state index contributed by atoms with van der Waals surface area (Å²) < 4.78 is 2.16. The molecule has 0 radical (unpaired) electrons. The minimum atomic E-state index is 0.298. The van der Waals surface area contributed by atoms with Crippen molar-refractivity contribution in [3.8, 4) is 5.75 Å². The number of hydrogen-bond acceptors (Lipinski definition) is 7. The second-order valence-corrected chi connectivity index (χ2v) is 8.88. The second-order valence-electron chi connectivity index (χ2n) is 8.88. The standard InChI is InChI=1S/C24H35N7O/c1-4-19(5-2)31-14-27-20-22(26-13-16-8-6-7-15(3)21(16)32)29-24(30-23(20)31)28-18-11-9-17(25)10-12-18/h6-8,14,17-19,32H,4-5,9-13,25H2,1-3H3,(H2,26,28,29,30). The predicted molar refractivity (Wildman–Crippen MR) is 129 cm³/mol. The fourth-order valence-corrected chi connectivity index (χ4v) is 4.54. The number of aryl methyl sites for hydroxylation is 1. The maximum atomic E-state index is 10.4. The molecular weight excluding hydrogens is 402 g/mol. The molecule has 2 aromatic heterocycles. The van der Waals surface area contributed by atoms with Crippen LogP contribution in [0.1, 0.15) is 69.5 Å². The molecule has 0 atom stereocenters. The number of phenols is 1. The van der Waals surface area contributed by atoms with Gasteiger partial charge in [-0.3, -0.25) is 0 Å². The van der Waals surface area contributed by atoms with Crippen LogP contribution in [-0.2, 0) is 6.54 Å². The molecule has 0 amide bonds. The number of nitrogens with two attached hydrogens (primary N) is 1. The maximum Gasteiger partial charge on any atom is 0.227 e. The van der Waals surface area contributed by atoms with Crippen LogP contribution in [0.3, 0.4) is 0 Å². The number of hydrogen-bond donors (Lipinski definition) is 4. The average molecular weight is 438 g/mol. The Bertz CT molecular complexity index is 1050. The topological polar surface area (TPSA) is 114 Å². The number of anilines is 2. The molecule has 0 unspecified atom stereocenters. The Morgan fingerprint density at radius 1 is 1.16 bits per heavy atom. The van der Waals surface area contributed by atoms with Crippen molar-refractivity contribution < 1.29 is 5.11 Å². The molecule has 32 heavy (non-hydrogen) atoms. The highest BCUT2D eigenvalue weighted by atomic mass is 16.3. The fraction of sp³-hybridized carbons (Fsp3) is 0.542. The van der Waals surface area contributed by atoms with Crippen molar-refractivity contribution in [3.63, 3.8) is 0 Å². The van der Waals surface area contributed by atoms with Crippen molar-refractivity contribution in [1.29, 1.82) is 0 Å². The van der Waals surface area contributed by atoms with E-state index in [9.17, 15) is 5.11 Å². The number of aromatic nitrogens is 4. The van der Waals surface area contributed by atoms with E-state index < -0.39 is 0 Å². The predicted octanol–water partition coefficient (Wildman–Crippen LogP) is 4.50. The number of para-hydroxylation sites is 1. The van der Waals surface area contributed by atoms with E-state index in [1.807, 2.05) is 31.5 Å². The maximum absolute atomic E-state index is 10.4. The van der Waals surface area contributed by atoms with Gasteiger partial charge in [-0.05, 0) is 51.0 Å². The summed E-state index contributed by atoms with van der Waals surface area (Å²) in [5.74, 6) is 1.60. The van der Waals surface area contributed by atoms with E-state index in [1.165, 1.54) is 0 Å². The summed E-state index contributed by atoms with van der Waals surface area (Å²) in [6.07, 6.45) is 7.97. The lowest BCUT2D eigenvalue weighted by molar-refractivity contribution is 0.410. The van der Waals surface area contributed by atoms with Crippen LogP contribution in [0, 0.1) is 6.92 Å². The molecule has 8 heteroatoms. The number of aromatic hydroxyl groups is 1. The van der Waals surface area contributed by atoms with E-state index in [4.69, 9.17) is 15.7 Å². The molecule has 1 saturated carbocycles. The van der Waals surface area contributed by atoms with Crippen molar-refractivity contribution in [2.45, 2.75) is 84.0 Å². The largest absolute Gasteiger partial charge is 0.507 e. The summed E-state index contributed by atoms with van der Waals surface area (Å²) in [7, 11) is 0. The van der Waals surface area contributed by atoms with Crippen molar-refractivity contribution in [1.82, 2.24) is 19.5 Å². The van der Waals surface area contributed by atoms with Gasteiger partial charge in [-0.2, -0.15) is 9.97 Å². The number of fused-ring (bicyclic) bond motifs is 1. The van der Waals surface area contributed by atoms with Gasteiger partial charge in [0.25, 0.3) is 0 Å². The van der Waals surface area contributed by atoms with Gasteiger partial charge in [0.05, 0.1) is 6.33 Å². The van der Waals surface area contributed by atoms with Gasteiger partial charge in [-0.1, -0.05) is 32.0 Å². The Morgan fingerprint density at radius 2 is 1.91 bits per heavy atom. The molecular formula is C24H35N7O. The lowest BCUT2D eigenvalue weighted by atomic mass is 9.92. The number of imidazole rings is 1. The lowest BCUT2D eigenvalue weighted by Crippen LogP contribution is -2.33. The monoisotopic (exact) mass is 437 g/mol. The van der Waals surface area contributed by atoms with Gasteiger partial charge in [0, 0.05) is 30.2 Å². The van der Waals surface area contributed by atoms with Crippen molar-refractivity contribution >= 4 is 22.9 Å². The summed E-state index contributed by atoms with van der Waals surface area (Å²) in [4.78, 5) is 14.3.